The molecule has 0 amide bonds. The van der Waals surface area contributed by atoms with E-state index in [1.165, 1.54) is 5.56 Å². The molecule has 154 valence electrons. The molecule has 6 nitrogen and oxygen atoms in total. The van der Waals surface area contributed by atoms with E-state index in [4.69, 9.17) is 14.5 Å². The molecule has 0 aliphatic carbocycles. The van der Waals surface area contributed by atoms with Gasteiger partial charge >= 0.3 is 0 Å². The van der Waals surface area contributed by atoms with Crippen LogP contribution in [-0.2, 0) is 17.7 Å². The third-order valence-corrected chi connectivity index (χ3v) is 3.95. The number of benzene rings is 1. The van der Waals surface area contributed by atoms with Crippen LogP contribution < -0.4 is 15.4 Å². The highest BCUT2D eigenvalue weighted by Gasteiger charge is 2.05. The van der Waals surface area contributed by atoms with Crippen molar-refractivity contribution in [3.05, 3.63) is 59.4 Å². The fourth-order valence-electron chi connectivity index (χ4n) is 2.54. The molecular formula is C21H31IN4O2. The van der Waals surface area contributed by atoms with Crippen LogP contribution in [0.5, 0.6) is 5.75 Å². The predicted octanol–water partition coefficient (Wildman–Crippen LogP) is 3.33. The zero-order valence-corrected chi connectivity index (χ0v) is 19.2. The Labute approximate surface area is 185 Å². The first-order valence-electron chi connectivity index (χ1n) is 9.35. The number of aliphatic imine (C=N–C) groups is 1. The van der Waals surface area contributed by atoms with Gasteiger partial charge in [0.05, 0.1) is 13.2 Å². The highest BCUT2D eigenvalue weighted by molar-refractivity contribution is 14.0. The van der Waals surface area contributed by atoms with Crippen LogP contribution in [0.15, 0.2) is 47.7 Å². The van der Waals surface area contributed by atoms with Crippen LogP contribution in [0, 0.1) is 6.92 Å². The van der Waals surface area contributed by atoms with E-state index in [2.05, 4.69) is 47.7 Å². The normalized spacial score (nSPS) is 10.9. The van der Waals surface area contributed by atoms with Crippen molar-refractivity contribution in [1.29, 1.82) is 0 Å². The highest BCUT2D eigenvalue weighted by atomic mass is 127. The van der Waals surface area contributed by atoms with Crippen LogP contribution in [0.3, 0.4) is 0 Å². The number of rotatable bonds is 10. The maximum atomic E-state index is 5.85. The Morgan fingerprint density at radius 2 is 2.04 bits per heavy atom. The van der Waals surface area contributed by atoms with Gasteiger partial charge in [0.1, 0.15) is 12.4 Å². The van der Waals surface area contributed by atoms with Crippen LogP contribution in [-0.4, -0.2) is 44.4 Å². The molecule has 0 saturated heterocycles. The van der Waals surface area contributed by atoms with E-state index >= 15 is 0 Å². The lowest BCUT2D eigenvalue weighted by molar-refractivity contribution is 0.145. The predicted molar refractivity (Wildman–Crippen MR) is 125 cm³/mol. The van der Waals surface area contributed by atoms with Gasteiger partial charge in [0.15, 0.2) is 5.96 Å². The fourth-order valence-corrected chi connectivity index (χ4v) is 2.54. The summed E-state index contributed by atoms with van der Waals surface area (Å²) in [6.45, 7) is 7.36. The number of guanidine groups is 1. The molecule has 1 heterocycles. The summed E-state index contributed by atoms with van der Waals surface area (Å²) in [7, 11) is 1.67. The largest absolute Gasteiger partial charge is 0.491 e. The highest BCUT2D eigenvalue weighted by Crippen LogP contribution is 2.21. The monoisotopic (exact) mass is 498 g/mol. The van der Waals surface area contributed by atoms with Crippen LogP contribution in [0.4, 0.5) is 0 Å². The Morgan fingerprint density at radius 1 is 1.18 bits per heavy atom. The number of aromatic nitrogens is 1. The Morgan fingerprint density at radius 3 is 2.75 bits per heavy atom. The number of nitrogens with one attached hydrogen (secondary N) is 2. The smallest absolute Gasteiger partial charge is 0.191 e. The first-order chi connectivity index (χ1) is 13.2. The average Bonchev–Trinajstić information content (AvgIpc) is 2.68. The fraction of sp³-hybridized carbons (Fsp3) is 0.429. The maximum absolute atomic E-state index is 5.85. The van der Waals surface area contributed by atoms with E-state index in [-0.39, 0.29) is 24.0 Å². The molecule has 2 N–H and O–H groups in total. The summed E-state index contributed by atoms with van der Waals surface area (Å²) in [6.07, 6.45) is 4.58. The SMILES string of the molecule is CCNC(=NCc1ccc(C)cc1OCCOC)NCCc1cccnc1.I. The molecular weight excluding hydrogens is 467 g/mol. The third kappa shape index (κ3) is 8.88. The summed E-state index contributed by atoms with van der Waals surface area (Å²) in [5, 5.41) is 6.66. The minimum atomic E-state index is 0. The summed E-state index contributed by atoms with van der Waals surface area (Å²) in [5.74, 6) is 1.66. The first-order valence-corrected chi connectivity index (χ1v) is 9.35. The molecule has 7 heteroatoms. The Bertz CT molecular complexity index is 711. The number of hydrogen-bond donors (Lipinski definition) is 2. The van der Waals surface area contributed by atoms with E-state index in [1.54, 1.807) is 13.3 Å². The van der Waals surface area contributed by atoms with Crippen molar-refractivity contribution in [3.8, 4) is 5.75 Å². The van der Waals surface area contributed by atoms with Crippen molar-refractivity contribution in [2.45, 2.75) is 26.8 Å². The topological polar surface area (TPSA) is 67.8 Å². The minimum absolute atomic E-state index is 0. The molecule has 0 radical (unpaired) electrons. The lowest BCUT2D eigenvalue weighted by Gasteiger charge is -2.13. The summed E-state index contributed by atoms with van der Waals surface area (Å²) < 4.78 is 10.9. The van der Waals surface area contributed by atoms with Gasteiger partial charge in [-0.25, -0.2) is 4.99 Å². The van der Waals surface area contributed by atoms with Crippen molar-refractivity contribution in [1.82, 2.24) is 15.6 Å². The van der Waals surface area contributed by atoms with Crippen LogP contribution in [0.25, 0.3) is 0 Å². The Hall–Kier alpha value is -1.87. The van der Waals surface area contributed by atoms with Crippen molar-refractivity contribution in [3.63, 3.8) is 0 Å². The average molecular weight is 498 g/mol. The molecule has 28 heavy (non-hydrogen) atoms. The lowest BCUT2D eigenvalue weighted by atomic mass is 10.1. The number of methoxy groups -OCH3 is 1. The molecule has 0 saturated carbocycles. The van der Waals surface area contributed by atoms with Crippen molar-refractivity contribution in [2.75, 3.05) is 33.4 Å². The molecule has 1 aromatic carbocycles. The van der Waals surface area contributed by atoms with Gasteiger partial charge in [-0.15, -0.1) is 24.0 Å². The molecule has 0 aliphatic heterocycles. The third-order valence-electron chi connectivity index (χ3n) is 3.95. The van der Waals surface area contributed by atoms with Gasteiger partial charge in [-0.05, 0) is 43.5 Å². The molecule has 2 aromatic rings. The van der Waals surface area contributed by atoms with Gasteiger partial charge < -0.3 is 20.1 Å². The molecule has 2 rings (SSSR count). The van der Waals surface area contributed by atoms with E-state index < -0.39 is 0 Å². The van der Waals surface area contributed by atoms with Gasteiger partial charge in [0.25, 0.3) is 0 Å². The number of nitrogens with zero attached hydrogens (tertiary/aromatic N) is 2. The zero-order chi connectivity index (χ0) is 19.3. The molecule has 0 fully saturated rings. The van der Waals surface area contributed by atoms with E-state index in [0.717, 1.165) is 42.3 Å². The van der Waals surface area contributed by atoms with E-state index in [1.807, 2.05) is 18.3 Å². The van der Waals surface area contributed by atoms with Gasteiger partial charge in [-0.3, -0.25) is 4.98 Å². The number of hydrogen-bond acceptors (Lipinski definition) is 4. The van der Waals surface area contributed by atoms with Crippen molar-refractivity contribution in [2.24, 2.45) is 4.99 Å². The Kier molecular flexibility index (Phi) is 12.2. The standard InChI is InChI=1S/C21H30N4O2.HI/c1-4-23-21(24-11-9-18-6-5-10-22-15-18)25-16-19-8-7-17(2)14-20(19)27-13-12-26-3;/h5-8,10,14-15H,4,9,11-13,16H2,1-3H3,(H2,23,24,25);1H. The summed E-state index contributed by atoms with van der Waals surface area (Å²) >= 11 is 0. The quantitative estimate of drug-likeness (QED) is 0.228. The van der Waals surface area contributed by atoms with Gasteiger partial charge in [0.2, 0.25) is 0 Å². The number of halogens is 1. The van der Waals surface area contributed by atoms with Gasteiger partial charge in [0, 0.05) is 38.2 Å². The van der Waals surface area contributed by atoms with Crippen LogP contribution in [0.1, 0.15) is 23.6 Å². The molecule has 1 aromatic heterocycles. The van der Waals surface area contributed by atoms with Gasteiger partial charge in [-0.2, -0.15) is 0 Å². The number of ether oxygens (including phenoxy) is 2. The molecule has 0 spiro atoms. The second kappa shape index (κ2) is 14.2. The van der Waals surface area contributed by atoms with Crippen LogP contribution >= 0.6 is 24.0 Å². The molecule has 0 bridgehead atoms. The van der Waals surface area contributed by atoms with Crippen LogP contribution in [0.2, 0.25) is 0 Å². The summed E-state index contributed by atoms with van der Waals surface area (Å²) in [4.78, 5) is 8.85. The van der Waals surface area contributed by atoms with Crippen molar-refractivity contribution < 1.29 is 9.47 Å². The number of aryl methyl sites for hydroxylation is 1. The van der Waals surface area contributed by atoms with Crippen molar-refractivity contribution >= 4 is 29.9 Å². The second-order valence-electron chi connectivity index (χ2n) is 6.19. The minimum Gasteiger partial charge on any atom is -0.491 e. The lowest BCUT2D eigenvalue weighted by Crippen LogP contribution is -2.38. The van der Waals surface area contributed by atoms with E-state index in [9.17, 15) is 0 Å². The summed E-state index contributed by atoms with van der Waals surface area (Å²) in [6, 6.07) is 10.2. The summed E-state index contributed by atoms with van der Waals surface area (Å²) in [5.41, 5.74) is 3.42. The number of pyridine rings is 1. The molecule has 0 unspecified atom stereocenters. The molecule has 0 atom stereocenters. The second-order valence-corrected chi connectivity index (χ2v) is 6.19. The Balaban J connectivity index is 0.00000392. The van der Waals surface area contributed by atoms with Gasteiger partial charge in [-0.1, -0.05) is 18.2 Å². The maximum Gasteiger partial charge on any atom is 0.191 e. The van der Waals surface area contributed by atoms with E-state index in [0.29, 0.717) is 19.8 Å². The molecule has 0 aliphatic rings. The zero-order valence-electron chi connectivity index (χ0n) is 16.9. The first kappa shape index (κ1) is 24.2.